The third-order valence-corrected chi connectivity index (χ3v) is 3.38. The number of rotatable bonds is 3. The largest absolute Gasteiger partial charge is 0.445 e. The molecule has 2 rings (SSSR count). The van der Waals surface area contributed by atoms with E-state index in [1.54, 1.807) is 12.0 Å². The first-order valence-corrected chi connectivity index (χ1v) is 6.44. The van der Waals surface area contributed by atoms with E-state index in [9.17, 15) is 4.79 Å². The van der Waals surface area contributed by atoms with E-state index in [1.807, 2.05) is 30.3 Å². The number of hydrogen-bond donors (Lipinski definition) is 1. The molecule has 1 aliphatic heterocycles. The van der Waals surface area contributed by atoms with Gasteiger partial charge < -0.3 is 20.1 Å². The minimum absolute atomic E-state index is 0.0110. The van der Waals surface area contributed by atoms with Crippen LogP contribution in [-0.4, -0.2) is 43.3 Å². The van der Waals surface area contributed by atoms with Gasteiger partial charge in [0.15, 0.2) is 0 Å². The van der Waals surface area contributed by atoms with E-state index in [4.69, 9.17) is 15.2 Å². The van der Waals surface area contributed by atoms with Crippen LogP contribution in [0.4, 0.5) is 4.79 Å². The molecule has 1 fully saturated rings. The summed E-state index contributed by atoms with van der Waals surface area (Å²) in [7, 11) is 1.61. The molecule has 2 atom stereocenters. The van der Waals surface area contributed by atoms with E-state index < -0.39 is 0 Å². The van der Waals surface area contributed by atoms with Crippen LogP contribution in [0, 0.1) is 0 Å². The van der Waals surface area contributed by atoms with Crippen molar-refractivity contribution in [3.05, 3.63) is 35.9 Å². The van der Waals surface area contributed by atoms with Crippen LogP contribution in [0.1, 0.15) is 12.0 Å². The summed E-state index contributed by atoms with van der Waals surface area (Å²) in [5.74, 6) is 0. The summed E-state index contributed by atoms with van der Waals surface area (Å²) < 4.78 is 10.6. The van der Waals surface area contributed by atoms with Crippen molar-refractivity contribution in [1.29, 1.82) is 0 Å². The van der Waals surface area contributed by atoms with E-state index in [2.05, 4.69) is 0 Å². The minimum atomic E-state index is -0.308. The Morgan fingerprint density at radius 1 is 1.42 bits per heavy atom. The maximum Gasteiger partial charge on any atom is 0.410 e. The molecule has 5 nitrogen and oxygen atoms in total. The van der Waals surface area contributed by atoms with Crippen molar-refractivity contribution in [3.63, 3.8) is 0 Å². The molecule has 2 N–H and O–H groups in total. The summed E-state index contributed by atoms with van der Waals surface area (Å²) in [6.07, 6.45) is 0.315. The smallest absolute Gasteiger partial charge is 0.410 e. The highest BCUT2D eigenvalue weighted by Crippen LogP contribution is 2.13. The molecule has 0 bridgehead atoms. The lowest BCUT2D eigenvalue weighted by atomic mass is 10.0. The number of ether oxygens (including phenoxy) is 2. The van der Waals surface area contributed by atoms with Gasteiger partial charge in [0, 0.05) is 19.7 Å². The summed E-state index contributed by atoms with van der Waals surface area (Å²) in [5.41, 5.74) is 6.89. The van der Waals surface area contributed by atoms with Crippen molar-refractivity contribution in [3.8, 4) is 0 Å². The lowest BCUT2D eigenvalue weighted by molar-refractivity contribution is 0.0107. The average molecular weight is 264 g/mol. The van der Waals surface area contributed by atoms with Crippen molar-refractivity contribution < 1.29 is 14.3 Å². The van der Waals surface area contributed by atoms with E-state index >= 15 is 0 Å². The molecule has 0 saturated carbocycles. The Hall–Kier alpha value is -1.59. The van der Waals surface area contributed by atoms with Crippen LogP contribution < -0.4 is 5.73 Å². The second-order valence-electron chi connectivity index (χ2n) is 4.71. The highest BCUT2D eigenvalue weighted by atomic mass is 16.6. The summed E-state index contributed by atoms with van der Waals surface area (Å²) in [6.45, 7) is 1.40. The molecule has 1 saturated heterocycles. The lowest BCUT2D eigenvalue weighted by Gasteiger charge is -2.35. The highest BCUT2D eigenvalue weighted by Gasteiger charge is 2.29. The molecule has 104 valence electrons. The van der Waals surface area contributed by atoms with Crippen molar-refractivity contribution in [1.82, 2.24) is 4.90 Å². The SMILES string of the molecule is CO[C@H]1CN(C(=O)OCc2ccccc2)CC[C@H]1N. The van der Waals surface area contributed by atoms with Crippen molar-refractivity contribution in [2.75, 3.05) is 20.2 Å². The molecule has 1 aliphatic rings. The van der Waals surface area contributed by atoms with Gasteiger partial charge in [-0.05, 0) is 12.0 Å². The van der Waals surface area contributed by atoms with Gasteiger partial charge in [0.2, 0.25) is 0 Å². The van der Waals surface area contributed by atoms with Gasteiger partial charge in [-0.25, -0.2) is 4.79 Å². The number of methoxy groups -OCH3 is 1. The van der Waals surface area contributed by atoms with Crippen LogP contribution in [0.25, 0.3) is 0 Å². The Bertz CT molecular complexity index is 410. The van der Waals surface area contributed by atoms with Gasteiger partial charge in [0.05, 0.1) is 12.6 Å². The first kappa shape index (κ1) is 13.8. The number of carbonyl (C=O) groups excluding carboxylic acids is 1. The lowest BCUT2D eigenvalue weighted by Crippen LogP contribution is -2.53. The number of piperidine rings is 1. The van der Waals surface area contributed by atoms with Crippen LogP contribution in [-0.2, 0) is 16.1 Å². The average Bonchev–Trinajstić information content (AvgIpc) is 2.46. The molecule has 19 heavy (non-hydrogen) atoms. The molecule has 0 spiro atoms. The Kier molecular flexibility index (Phi) is 4.76. The molecule has 5 heteroatoms. The predicted octanol–water partition coefficient (Wildman–Crippen LogP) is 1.37. The van der Waals surface area contributed by atoms with Crippen LogP contribution in [0.5, 0.6) is 0 Å². The maximum absolute atomic E-state index is 11.9. The standard InChI is InChI=1S/C14H20N2O3/c1-18-13-9-16(8-7-12(13)15)14(17)19-10-11-5-3-2-4-6-11/h2-6,12-13H,7-10,15H2,1H3/t12-,13+/m1/s1. The van der Waals surface area contributed by atoms with E-state index in [0.717, 1.165) is 12.0 Å². The Morgan fingerprint density at radius 2 is 2.16 bits per heavy atom. The molecule has 1 aromatic rings. The third kappa shape index (κ3) is 3.68. The van der Waals surface area contributed by atoms with Crippen LogP contribution in [0.3, 0.4) is 0 Å². The van der Waals surface area contributed by atoms with Crippen molar-refractivity contribution in [2.45, 2.75) is 25.2 Å². The number of nitrogens with two attached hydrogens (primary N) is 1. The first-order valence-electron chi connectivity index (χ1n) is 6.44. The second-order valence-corrected chi connectivity index (χ2v) is 4.71. The zero-order chi connectivity index (χ0) is 13.7. The molecule has 0 aliphatic carbocycles. The van der Waals surface area contributed by atoms with Gasteiger partial charge in [-0.3, -0.25) is 0 Å². The monoisotopic (exact) mass is 264 g/mol. The van der Waals surface area contributed by atoms with E-state index in [1.165, 1.54) is 0 Å². The van der Waals surface area contributed by atoms with E-state index in [-0.39, 0.29) is 18.2 Å². The first-order chi connectivity index (χ1) is 9.20. The molecular weight excluding hydrogens is 244 g/mol. The zero-order valence-corrected chi connectivity index (χ0v) is 11.1. The fourth-order valence-corrected chi connectivity index (χ4v) is 2.16. The molecule has 1 aromatic carbocycles. The zero-order valence-electron chi connectivity index (χ0n) is 11.1. The Morgan fingerprint density at radius 3 is 2.84 bits per heavy atom. The van der Waals surface area contributed by atoms with Gasteiger partial charge >= 0.3 is 6.09 Å². The maximum atomic E-state index is 11.9. The number of likely N-dealkylation sites (tertiary alicyclic amines) is 1. The number of hydrogen-bond acceptors (Lipinski definition) is 4. The molecule has 0 aromatic heterocycles. The molecule has 0 radical (unpaired) electrons. The fourth-order valence-electron chi connectivity index (χ4n) is 2.16. The molecule has 1 amide bonds. The van der Waals surface area contributed by atoms with Gasteiger partial charge in [-0.2, -0.15) is 0 Å². The predicted molar refractivity (Wildman–Crippen MR) is 71.6 cm³/mol. The molecular formula is C14H20N2O3. The number of amides is 1. The van der Waals surface area contributed by atoms with Crippen LogP contribution in [0.2, 0.25) is 0 Å². The van der Waals surface area contributed by atoms with Crippen LogP contribution in [0.15, 0.2) is 30.3 Å². The summed E-state index contributed by atoms with van der Waals surface area (Å²) in [5, 5.41) is 0. The normalized spacial score (nSPS) is 23.2. The number of benzene rings is 1. The minimum Gasteiger partial charge on any atom is -0.445 e. The van der Waals surface area contributed by atoms with Gasteiger partial charge in [0.25, 0.3) is 0 Å². The number of nitrogens with zero attached hydrogens (tertiary/aromatic N) is 1. The fraction of sp³-hybridized carbons (Fsp3) is 0.500. The van der Waals surface area contributed by atoms with Crippen molar-refractivity contribution >= 4 is 6.09 Å². The number of carbonyl (C=O) groups is 1. The Labute approximate surface area is 113 Å². The summed E-state index contributed by atoms with van der Waals surface area (Å²) in [4.78, 5) is 13.6. The van der Waals surface area contributed by atoms with Crippen molar-refractivity contribution in [2.24, 2.45) is 5.73 Å². The Balaban J connectivity index is 1.83. The second kappa shape index (κ2) is 6.54. The summed E-state index contributed by atoms with van der Waals surface area (Å²) >= 11 is 0. The topological polar surface area (TPSA) is 64.8 Å². The van der Waals surface area contributed by atoms with Gasteiger partial charge in [-0.1, -0.05) is 30.3 Å². The summed E-state index contributed by atoms with van der Waals surface area (Å²) in [6, 6.07) is 9.62. The van der Waals surface area contributed by atoms with Gasteiger partial charge in [0.1, 0.15) is 6.61 Å². The molecule has 0 unspecified atom stereocenters. The van der Waals surface area contributed by atoms with E-state index in [0.29, 0.717) is 19.7 Å². The quantitative estimate of drug-likeness (QED) is 0.895. The highest BCUT2D eigenvalue weighted by molar-refractivity contribution is 5.67. The molecule has 1 heterocycles. The van der Waals surface area contributed by atoms with Gasteiger partial charge in [-0.15, -0.1) is 0 Å². The third-order valence-electron chi connectivity index (χ3n) is 3.38. The van der Waals surface area contributed by atoms with Crippen LogP contribution >= 0.6 is 0 Å².